The number of hydrogen-bond acceptors (Lipinski definition) is 3. The SMILES string of the molecule is CN1CCN(c2ccc(NC(=O)NC(C)(C)c3ccc(Cl)cc3)cc2)CC1. The van der Waals surface area contributed by atoms with Crippen LogP contribution in [0.25, 0.3) is 0 Å². The summed E-state index contributed by atoms with van der Waals surface area (Å²) in [6.45, 7) is 8.13. The first-order valence-electron chi connectivity index (χ1n) is 9.22. The summed E-state index contributed by atoms with van der Waals surface area (Å²) in [5, 5.41) is 6.61. The Morgan fingerprint density at radius 3 is 2.15 bits per heavy atom. The lowest BCUT2D eigenvalue weighted by Gasteiger charge is -2.34. The van der Waals surface area contributed by atoms with Crippen molar-refractivity contribution in [3.8, 4) is 0 Å². The van der Waals surface area contributed by atoms with E-state index in [1.165, 1.54) is 5.69 Å². The number of carbonyl (C=O) groups excluding carboxylic acids is 1. The Morgan fingerprint density at radius 2 is 1.56 bits per heavy atom. The molecular weight excluding hydrogens is 360 g/mol. The van der Waals surface area contributed by atoms with Crippen molar-refractivity contribution in [2.45, 2.75) is 19.4 Å². The number of halogens is 1. The van der Waals surface area contributed by atoms with Gasteiger partial charge in [-0.05, 0) is 62.9 Å². The summed E-state index contributed by atoms with van der Waals surface area (Å²) >= 11 is 5.95. The Hall–Kier alpha value is -2.24. The van der Waals surface area contributed by atoms with Gasteiger partial charge in [-0.15, -0.1) is 0 Å². The first-order valence-corrected chi connectivity index (χ1v) is 9.60. The van der Waals surface area contributed by atoms with E-state index >= 15 is 0 Å². The molecule has 0 spiro atoms. The molecule has 1 saturated heterocycles. The van der Waals surface area contributed by atoms with Crippen LogP contribution in [-0.4, -0.2) is 44.2 Å². The fraction of sp³-hybridized carbons (Fsp3) is 0.381. The number of hydrogen-bond donors (Lipinski definition) is 2. The van der Waals surface area contributed by atoms with Crippen molar-refractivity contribution < 1.29 is 4.79 Å². The van der Waals surface area contributed by atoms with E-state index in [-0.39, 0.29) is 6.03 Å². The number of likely N-dealkylation sites (N-methyl/N-ethyl adjacent to an activating group) is 1. The van der Waals surface area contributed by atoms with Crippen LogP contribution in [0.4, 0.5) is 16.2 Å². The summed E-state index contributed by atoms with van der Waals surface area (Å²) in [5.74, 6) is 0. The van der Waals surface area contributed by atoms with E-state index in [2.05, 4.69) is 39.6 Å². The van der Waals surface area contributed by atoms with E-state index < -0.39 is 5.54 Å². The number of piperazine rings is 1. The minimum Gasteiger partial charge on any atom is -0.369 e. The van der Waals surface area contributed by atoms with Crippen LogP contribution in [0.1, 0.15) is 19.4 Å². The fourth-order valence-electron chi connectivity index (χ4n) is 3.21. The summed E-state index contributed by atoms with van der Waals surface area (Å²) in [6.07, 6.45) is 0. The second-order valence-electron chi connectivity index (χ2n) is 7.55. The van der Waals surface area contributed by atoms with Crippen LogP contribution in [-0.2, 0) is 5.54 Å². The predicted octanol–water partition coefficient (Wildman–Crippen LogP) is 4.15. The maximum Gasteiger partial charge on any atom is 0.319 e. The third-order valence-corrected chi connectivity index (χ3v) is 5.24. The lowest BCUT2D eigenvalue weighted by Crippen LogP contribution is -2.44. The summed E-state index contributed by atoms with van der Waals surface area (Å²) in [4.78, 5) is 17.1. The van der Waals surface area contributed by atoms with Crippen molar-refractivity contribution in [2.24, 2.45) is 0 Å². The number of urea groups is 1. The summed E-state index contributed by atoms with van der Waals surface area (Å²) in [7, 11) is 2.15. The first-order chi connectivity index (χ1) is 12.8. The van der Waals surface area contributed by atoms with Crippen LogP contribution in [0.2, 0.25) is 5.02 Å². The van der Waals surface area contributed by atoms with Crippen LogP contribution in [0.5, 0.6) is 0 Å². The molecule has 0 aliphatic carbocycles. The molecule has 0 bridgehead atoms. The van der Waals surface area contributed by atoms with Gasteiger partial charge in [-0.2, -0.15) is 0 Å². The third kappa shape index (κ3) is 5.15. The average molecular weight is 387 g/mol. The zero-order valence-corrected chi connectivity index (χ0v) is 16.9. The fourth-order valence-corrected chi connectivity index (χ4v) is 3.33. The van der Waals surface area contributed by atoms with Crippen LogP contribution in [0, 0.1) is 0 Å². The summed E-state index contributed by atoms with van der Waals surface area (Å²) in [6, 6.07) is 15.3. The van der Waals surface area contributed by atoms with Gasteiger partial charge in [0.15, 0.2) is 0 Å². The van der Waals surface area contributed by atoms with Gasteiger partial charge in [0, 0.05) is 42.6 Å². The topological polar surface area (TPSA) is 47.6 Å². The highest BCUT2D eigenvalue weighted by atomic mass is 35.5. The maximum absolute atomic E-state index is 12.4. The van der Waals surface area contributed by atoms with Crippen molar-refractivity contribution in [2.75, 3.05) is 43.4 Å². The number of rotatable bonds is 4. The van der Waals surface area contributed by atoms with Gasteiger partial charge in [0.1, 0.15) is 0 Å². The largest absolute Gasteiger partial charge is 0.369 e. The van der Waals surface area contributed by atoms with E-state index in [4.69, 9.17) is 11.6 Å². The molecule has 144 valence electrons. The Labute approximate surface area is 166 Å². The van der Waals surface area contributed by atoms with E-state index in [1.54, 1.807) is 0 Å². The molecule has 1 heterocycles. The lowest BCUT2D eigenvalue weighted by atomic mass is 9.94. The predicted molar refractivity (Wildman–Crippen MR) is 113 cm³/mol. The highest BCUT2D eigenvalue weighted by molar-refractivity contribution is 6.30. The molecule has 1 fully saturated rings. The molecule has 27 heavy (non-hydrogen) atoms. The highest BCUT2D eigenvalue weighted by Crippen LogP contribution is 2.23. The van der Waals surface area contributed by atoms with Crippen molar-refractivity contribution in [1.29, 1.82) is 0 Å². The summed E-state index contributed by atoms with van der Waals surface area (Å²) in [5.41, 5.74) is 2.45. The third-order valence-electron chi connectivity index (χ3n) is 4.99. The van der Waals surface area contributed by atoms with E-state index in [0.29, 0.717) is 5.02 Å². The molecule has 0 radical (unpaired) electrons. The molecule has 1 aliphatic rings. The van der Waals surface area contributed by atoms with Crippen molar-refractivity contribution in [3.63, 3.8) is 0 Å². The van der Waals surface area contributed by atoms with E-state index in [9.17, 15) is 4.79 Å². The van der Waals surface area contributed by atoms with Crippen LogP contribution >= 0.6 is 11.6 Å². The minimum absolute atomic E-state index is 0.234. The molecule has 2 aromatic rings. The maximum atomic E-state index is 12.4. The Morgan fingerprint density at radius 1 is 0.963 bits per heavy atom. The molecule has 1 aliphatic heterocycles. The molecule has 5 nitrogen and oxygen atoms in total. The quantitative estimate of drug-likeness (QED) is 0.829. The van der Waals surface area contributed by atoms with Crippen molar-refractivity contribution in [3.05, 3.63) is 59.1 Å². The van der Waals surface area contributed by atoms with Gasteiger partial charge < -0.3 is 20.4 Å². The van der Waals surface area contributed by atoms with Crippen LogP contribution in [0.3, 0.4) is 0 Å². The van der Waals surface area contributed by atoms with Gasteiger partial charge in [-0.3, -0.25) is 0 Å². The van der Waals surface area contributed by atoms with Gasteiger partial charge in [0.25, 0.3) is 0 Å². The Bertz CT molecular complexity index is 766. The number of carbonyl (C=O) groups is 1. The Balaban J connectivity index is 1.58. The molecule has 3 rings (SSSR count). The average Bonchev–Trinajstić information content (AvgIpc) is 2.63. The van der Waals surface area contributed by atoms with Gasteiger partial charge >= 0.3 is 6.03 Å². The number of amides is 2. The molecule has 2 N–H and O–H groups in total. The Kier molecular flexibility index (Phi) is 5.92. The monoisotopic (exact) mass is 386 g/mol. The summed E-state index contributed by atoms with van der Waals surface area (Å²) < 4.78 is 0. The van der Waals surface area contributed by atoms with Gasteiger partial charge in [0.2, 0.25) is 0 Å². The molecular formula is C21H27ClN4O. The van der Waals surface area contributed by atoms with Crippen LogP contribution < -0.4 is 15.5 Å². The van der Waals surface area contributed by atoms with Gasteiger partial charge in [-0.1, -0.05) is 23.7 Å². The highest BCUT2D eigenvalue weighted by Gasteiger charge is 2.23. The molecule has 6 heteroatoms. The van der Waals surface area contributed by atoms with Gasteiger partial charge in [-0.25, -0.2) is 4.79 Å². The number of nitrogens with zero attached hydrogens (tertiary/aromatic N) is 2. The van der Waals surface area contributed by atoms with E-state index in [1.807, 2.05) is 50.2 Å². The normalized spacial score (nSPS) is 15.5. The number of anilines is 2. The second kappa shape index (κ2) is 8.19. The zero-order chi connectivity index (χ0) is 19.4. The van der Waals surface area contributed by atoms with Crippen molar-refractivity contribution >= 4 is 29.0 Å². The zero-order valence-electron chi connectivity index (χ0n) is 16.1. The van der Waals surface area contributed by atoms with Gasteiger partial charge in [0.05, 0.1) is 5.54 Å². The number of benzene rings is 2. The standard InChI is InChI=1S/C21H27ClN4O/c1-21(2,16-4-6-17(22)7-5-16)24-20(27)23-18-8-10-19(11-9-18)26-14-12-25(3)13-15-26/h4-11H,12-15H2,1-3H3,(H2,23,24,27). The van der Waals surface area contributed by atoms with Crippen LogP contribution in [0.15, 0.2) is 48.5 Å². The minimum atomic E-state index is -0.506. The van der Waals surface area contributed by atoms with E-state index in [0.717, 1.165) is 37.4 Å². The molecule has 0 atom stereocenters. The molecule has 2 aromatic carbocycles. The number of nitrogens with one attached hydrogen (secondary N) is 2. The second-order valence-corrected chi connectivity index (χ2v) is 7.98. The molecule has 2 amide bonds. The first kappa shape index (κ1) is 19.5. The lowest BCUT2D eigenvalue weighted by molar-refractivity contribution is 0.242. The molecule has 0 aromatic heterocycles. The molecule has 0 saturated carbocycles. The molecule has 0 unspecified atom stereocenters. The smallest absolute Gasteiger partial charge is 0.319 e. The van der Waals surface area contributed by atoms with Crippen molar-refractivity contribution in [1.82, 2.24) is 10.2 Å².